The number of halogens is 2. The molecule has 0 aliphatic heterocycles. The fourth-order valence-corrected chi connectivity index (χ4v) is 5.49. The highest BCUT2D eigenvalue weighted by Gasteiger charge is 2.51. The van der Waals surface area contributed by atoms with Gasteiger partial charge in [-0.1, -0.05) is 22.8 Å². The molecule has 0 bridgehead atoms. The standard InChI is InChI=1S/C22H29ClFN2O6P/c1-6-29-33(28,30-7-2)17(19(27)31-21(3,4)5)13-18-25-20(26-32-18)22(10-11-22)14-8-9-15(23)16(24)12-14/h8-9,12,17H,6-7,10-11,13H2,1-5H3. The summed E-state index contributed by atoms with van der Waals surface area (Å²) in [5, 5.41) is 4.11. The molecule has 2 aromatic rings. The quantitative estimate of drug-likeness (QED) is 0.312. The van der Waals surface area contributed by atoms with Crippen LogP contribution in [-0.2, 0) is 35.0 Å². The molecule has 1 aliphatic rings. The molecule has 182 valence electrons. The van der Waals surface area contributed by atoms with E-state index in [1.54, 1.807) is 40.7 Å². The highest BCUT2D eigenvalue weighted by Crippen LogP contribution is 2.55. The molecule has 0 spiro atoms. The van der Waals surface area contributed by atoms with Crippen LogP contribution in [0.4, 0.5) is 4.39 Å². The first-order chi connectivity index (χ1) is 15.4. The van der Waals surface area contributed by atoms with Crippen LogP contribution in [0.3, 0.4) is 0 Å². The van der Waals surface area contributed by atoms with E-state index in [-0.39, 0.29) is 30.5 Å². The van der Waals surface area contributed by atoms with E-state index in [0.717, 1.165) is 0 Å². The van der Waals surface area contributed by atoms with Crippen molar-refractivity contribution in [3.05, 3.63) is 46.3 Å². The van der Waals surface area contributed by atoms with Gasteiger partial charge in [0.2, 0.25) is 5.89 Å². The Morgan fingerprint density at radius 1 is 1.27 bits per heavy atom. The average molecular weight is 503 g/mol. The van der Waals surface area contributed by atoms with Crippen molar-refractivity contribution in [3.63, 3.8) is 0 Å². The summed E-state index contributed by atoms with van der Waals surface area (Å²) in [5.74, 6) is -0.817. The fourth-order valence-electron chi connectivity index (χ4n) is 3.53. The van der Waals surface area contributed by atoms with Crippen LogP contribution in [0.1, 0.15) is 64.7 Å². The van der Waals surface area contributed by atoms with Gasteiger partial charge < -0.3 is 18.3 Å². The van der Waals surface area contributed by atoms with Crippen molar-refractivity contribution in [2.75, 3.05) is 13.2 Å². The number of esters is 1. The Hall–Kier alpha value is -1.80. The van der Waals surface area contributed by atoms with Gasteiger partial charge in [-0.3, -0.25) is 9.36 Å². The van der Waals surface area contributed by atoms with Gasteiger partial charge in [0.1, 0.15) is 11.4 Å². The maximum absolute atomic E-state index is 14.0. The molecular weight excluding hydrogens is 474 g/mol. The molecule has 0 amide bonds. The lowest BCUT2D eigenvalue weighted by Gasteiger charge is -2.27. The van der Waals surface area contributed by atoms with E-state index in [2.05, 4.69) is 10.1 Å². The van der Waals surface area contributed by atoms with Crippen LogP contribution in [0.2, 0.25) is 5.02 Å². The Morgan fingerprint density at radius 3 is 2.42 bits per heavy atom. The Balaban J connectivity index is 1.90. The van der Waals surface area contributed by atoms with Crippen LogP contribution in [-0.4, -0.2) is 40.6 Å². The molecule has 3 rings (SSSR count). The predicted molar refractivity (Wildman–Crippen MR) is 120 cm³/mol. The summed E-state index contributed by atoms with van der Waals surface area (Å²) in [4.78, 5) is 17.4. The number of aromatic nitrogens is 2. The lowest BCUT2D eigenvalue weighted by Crippen LogP contribution is -2.34. The second-order valence-electron chi connectivity index (χ2n) is 8.85. The lowest BCUT2D eigenvalue weighted by atomic mass is 9.95. The smallest absolute Gasteiger partial charge is 0.345 e. The number of rotatable bonds is 10. The highest BCUT2D eigenvalue weighted by molar-refractivity contribution is 7.55. The van der Waals surface area contributed by atoms with Crippen molar-refractivity contribution in [1.29, 1.82) is 0 Å². The first-order valence-corrected chi connectivity index (χ1v) is 12.8. The largest absolute Gasteiger partial charge is 0.459 e. The summed E-state index contributed by atoms with van der Waals surface area (Å²) in [5.41, 5.74) is -1.99. The zero-order valence-corrected chi connectivity index (χ0v) is 21.0. The third-order valence-electron chi connectivity index (χ3n) is 5.16. The second-order valence-corrected chi connectivity index (χ2v) is 11.5. The van der Waals surface area contributed by atoms with Gasteiger partial charge in [-0.05, 0) is 65.2 Å². The van der Waals surface area contributed by atoms with Gasteiger partial charge in [0, 0.05) is 0 Å². The van der Waals surface area contributed by atoms with Gasteiger partial charge in [0.25, 0.3) is 0 Å². The highest BCUT2D eigenvalue weighted by atomic mass is 35.5. The van der Waals surface area contributed by atoms with Gasteiger partial charge in [0.15, 0.2) is 11.5 Å². The van der Waals surface area contributed by atoms with Gasteiger partial charge >= 0.3 is 13.6 Å². The zero-order valence-electron chi connectivity index (χ0n) is 19.4. The molecule has 1 fully saturated rings. The number of nitrogens with zero attached hydrogens (tertiary/aromatic N) is 2. The molecule has 1 aromatic carbocycles. The predicted octanol–water partition coefficient (Wildman–Crippen LogP) is 5.46. The van der Waals surface area contributed by atoms with Crippen molar-refractivity contribution in [2.24, 2.45) is 0 Å². The Morgan fingerprint density at radius 2 is 1.91 bits per heavy atom. The fraction of sp³-hybridized carbons (Fsp3) is 0.591. The number of hydrogen-bond acceptors (Lipinski definition) is 8. The number of carbonyl (C=O) groups excluding carboxylic acids is 1. The molecule has 0 radical (unpaired) electrons. The van der Waals surface area contributed by atoms with Gasteiger partial charge in [-0.2, -0.15) is 4.98 Å². The summed E-state index contributed by atoms with van der Waals surface area (Å²) in [6.45, 7) is 8.60. The molecule has 1 saturated carbocycles. The van der Waals surface area contributed by atoms with E-state index in [1.807, 2.05) is 0 Å². The molecule has 0 N–H and O–H groups in total. The lowest BCUT2D eigenvalue weighted by molar-refractivity contribution is -0.154. The van der Waals surface area contributed by atoms with Gasteiger partial charge in [-0.25, -0.2) is 4.39 Å². The number of hydrogen-bond donors (Lipinski definition) is 0. The molecule has 8 nitrogen and oxygen atoms in total. The first kappa shape index (κ1) is 25.8. The molecule has 1 aliphatic carbocycles. The van der Waals surface area contributed by atoms with Gasteiger partial charge in [-0.15, -0.1) is 0 Å². The van der Waals surface area contributed by atoms with Crippen LogP contribution in [0.5, 0.6) is 0 Å². The summed E-state index contributed by atoms with van der Waals surface area (Å²) in [6, 6.07) is 4.59. The van der Waals surface area contributed by atoms with Crippen LogP contribution >= 0.6 is 19.2 Å². The Labute approximate surface area is 197 Å². The molecule has 1 heterocycles. The van der Waals surface area contributed by atoms with Crippen LogP contribution < -0.4 is 0 Å². The minimum absolute atomic E-state index is 0.0335. The summed E-state index contributed by atoms with van der Waals surface area (Å²) in [6.07, 6.45) is 1.22. The third kappa shape index (κ3) is 5.83. The van der Waals surface area contributed by atoms with Crippen molar-refractivity contribution >= 4 is 25.2 Å². The molecule has 1 unspecified atom stereocenters. The van der Waals surface area contributed by atoms with Gasteiger partial charge in [0.05, 0.1) is 30.1 Å². The second kappa shape index (κ2) is 9.82. The van der Waals surface area contributed by atoms with E-state index in [4.69, 9.17) is 29.9 Å². The number of carbonyl (C=O) groups is 1. The third-order valence-corrected chi connectivity index (χ3v) is 7.86. The van der Waals surface area contributed by atoms with Crippen molar-refractivity contribution < 1.29 is 32.1 Å². The summed E-state index contributed by atoms with van der Waals surface area (Å²) in [7, 11) is -3.89. The van der Waals surface area contributed by atoms with Crippen molar-refractivity contribution in [2.45, 2.75) is 70.6 Å². The first-order valence-electron chi connectivity index (χ1n) is 10.8. The average Bonchev–Trinajstić information content (AvgIpc) is 3.38. The normalized spacial score (nSPS) is 16.5. The molecule has 11 heteroatoms. The Kier molecular flexibility index (Phi) is 7.68. The Bertz CT molecular complexity index is 1040. The van der Waals surface area contributed by atoms with E-state index < -0.39 is 36.1 Å². The number of benzene rings is 1. The molecule has 1 atom stereocenters. The maximum atomic E-state index is 14.0. The molecule has 1 aromatic heterocycles. The maximum Gasteiger partial charge on any atom is 0.345 e. The minimum Gasteiger partial charge on any atom is -0.459 e. The topological polar surface area (TPSA) is 101 Å². The van der Waals surface area contributed by atoms with Crippen LogP contribution in [0.15, 0.2) is 22.7 Å². The van der Waals surface area contributed by atoms with E-state index in [1.165, 1.54) is 12.1 Å². The van der Waals surface area contributed by atoms with E-state index in [0.29, 0.717) is 24.2 Å². The monoisotopic (exact) mass is 502 g/mol. The number of ether oxygens (including phenoxy) is 1. The minimum atomic E-state index is -3.89. The summed E-state index contributed by atoms with van der Waals surface area (Å²) < 4.78 is 49.2. The van der Waals surface area contributed by atoms with E-state index >= 15 is 0 Å². The van der Waals surface area contributed by atoms with Crippen LogP contribution in [0.25, 0.3) is 0 Å². The molecule has 33 heavy (non-hydrogen) atoms. The SMILES string of the molecule is CCOP(=O)(OCC)C(Cc1nc(C2(c3ccc(Cl)c(F)c3)CC2)no1)C(=O)OC(C)(C)C. The van der Waals surface area contributed by atoms with E-state index in [9.17, 15) is 13.8 Å². The van der Waals surface area contributed by atoms with Crippen LogP contribution in [0, 0.1) is 5.82 Å². The van der Waals surface area contributed by atoms with Crippen molar-refractivity contribution in [3.8, 4) is 0 Å². The molecule has 0 saturated heterocycles. The summed E-state index contributed by atoms with van der Waals surface area (Å²) >= 11 is 5.81. The van der Waals surface area contributed by atoms with Crippen molar-refractivity contribution in [1.82, 2.24) is 10.1 Å². The molecular formula is C22H29ClFN2O6P. The zero-order chi connectivity index (χ0) is 24.4.